The first-order chi connectivity index (χ1) is 12.7. The number of rotatable bonds is 4. The Morgan fingerprint density at radius 3 is 2.38 bits per heavy atom. The van der Waals surface area contributed by atoms with Gasteiger partial charge in [-0.05, 0) is 42.5 Å². The maximum absolute atomic E-state index is 6.25. The van der Waals surface area contributed by atoms with Crippen LogP contribution in [0.1, 0.15) is 0 Å². The molecule has 0 saturated carbocycles. The summed E-state index contributed by atoms with van der Waals surface area (Å²) in [7, 11) is 0. The number of para-hydroxylation sites is 1. The molecule has 0 fully saturated rings. The molecule has 4 rings (SSSR count). The molecule has 5 heteroatoms. The van der Waals surface area contributed by atoms with E-state index in [0.29, 0.717) is 21.5 Å². The quantitative estimate of drug-likeness (QED) is 0.377. The second-order valence-electron chi connectivity index (χ2n) is 5.64. The normalized spacial score (nSPS) is 10.7. The van der Waals surface area contributed by atoms with Gasteiger partial charge in [0.15, 0.2) is 5.76 Å². The number of hydrogen-bond donors (Lipinski definition) is 0. The molecule has 0 N–H and O–H groups in total. The first-order valence-corrected chi connectivity index (χ1v) is 8.70. The van der Waals surface area contributed by atoms with Crippen LogP contribution in [0.4, 0.5) is 0 Å². The van der Waals surface area contributed by atoms with E-state index in [1.807, 2.05) is 66.7 Å². The molecule has 0 aliphatic carbocycles. The molecular weight excluding hydrogens is 369 g/mol. The van der Waals surface area contributed by atoms with E-state index in [1.54, 1.807) is 12.1 Å². The van der Waals surface area contributed by atoms with Crippen LogP contribution in [0, 0.1) is 0 Å². The van der Waals surface area contributed by atoms with E-state index in [1.165, 1.54) is 0 Å². The number of halogens is 2. The van der Waals surface area contributed by atoms with E-state index in [4.69, 9.17) is 32.5 Å². The molecule has 0 unspecified atom stereocenters. The van der Waals surface area contributed by atoms with E-state index in [2.05, 4.69) is 5.16 Å². The highest BCUT2D eigenvalue weighted by Crippen LogP contribution is 2.33. The van der Waals surface area contributed by atoms with Gasteiger partial charge < -0.3 is 9.26 Å². The van der Waals surface area contributed by atoms with Crippen LogP contribution in [0.2, 0.25) is 10.0 Å². The Kier molecular flexibility index (Phi) is 4.65. The predicted octanol–water partition coefficient (Wildman–Crippen LogP) is 7.11. The van der Waals surface area contributed by atoms with E-state index >= 15 is 0 Å². The van der Waals surface area contributed by atoms with Crippen LogP contribution in [0.3, 0.4) is 0 Å². The third-order valence-electron chi connectivity index (χ3n) is 3.81. The fourth-order valence-electron chi connectivity index (χ4n) is 2.57. The summed E-state index contributed by atoms with van der Waals surface area (Å²) in [6.45, 7) is 0. The van der Waals surface area contributed by atoms with Crippen LogP contribution in [0.5, 0.6) is 11.5 Å². The molecule has 3 nitrogen and oxygen atoms in total. The van der Waals surface area contributed by atoms with Gasteiger partial charge in [-0.2, -0.15) is 0 Å². The van der Waals surface area contributed by atoms with Gasteiger partial charge in [-0.1, -0.05) is 58.7 Å². The number of ether oxygens (including phenoxy) is 1. The van der Waals surface area contributed by atoms with Crippen LogP contribution < -0.4 is 4.74 Å². The van der Waals surface area contributed by atoms with Crippen molar-refractivity contribution in [2.75, 3.05) is 0 Å². The molecule has 0 bridgehead atoms. The zero-order chi connectivity index (χ0) is 17.9. The molecule has 3 aromatic carbocycles. The van der Waals surface area contributed by atoms with Gasteiger partial charge in [0.25, 0.3) is 0 Å². The summed E-state index contributed by atoms with van der Waals surface area (Å²) in [6, 6.07) is 24.4. The van der Waals surface area contributed by atoms with Crippen molar-refractivity contribution in [3.8, 4) is 34.1 Å². The molecule has 128 valence electrons. The number of benzene rings is 3. The lowest BCUT2D eigenvalue weighted by molar-refractivity contribution is 0.434. The van der Waals surface area contributed by atoms with Crippen LogP contribution in [0.15, 0.2) is 83.4 Å². The second kappa shape index (κ2) is 7.24. The molecule has 0 radical (unpaired) electrons. The number of aromatic nitrogens is 1. The molecule has 4 aromatic rings. The SMILES string of the molecule is Clc1ccc(-c2cc(-c3cccc(Oc4ccccc4)c3)on2)c(Cl)c1. The van der Waals surface area contributed by atoms with Gasteiger partial charge in [0, 0.05) is 22.2 Å². The average molecular weight is 382 g/mol. The van der Waals surface area contributed by atoms with Gasteiger partial charge in [-0.25, -0.2) is 0 Å². The fraction of sp³-hybridized carbons (Fsp3) is 0. The summed E-state index contributed by atoms with van der Waals surface area (Å²) in [5.74, 6) is 2.12. The topological polar surface area (TPSA) is 35.3 Å². The van der Waals surface area contributed by atoms with Gasteiger partial charge in [0.05, 0.1) is 5.02 Å². The summed E-state index contributed by atoms with van der Waals surface area (Å²) in [5, 5.41) is 5.23. The van der Waals surface area contributed by atoms with E-state index < -0.39 is 0 Å². The zero-order valence-corrected chi connectivity index (χ0v) is 15.0. The van der Waals surface area contributed by atoms with Crippen molar-refractivity contribution in [1.29, 1.82) is 0 Å². The van der Waals surface area contributed by atoms with Gasteiger partial charge in [-0.3, -0.25) is 0 Å². The Labute approximate surface area is 160 Å². The van der Waals surface area contributed by atoms with Crippen molar-refractivity contribution in [2.45, 2.75) is 0 Å². The van der Waals surface area contributed by atoms with Crippen molar-refractivity contribution in [1.82, 2.24) is 5.16 Å². The van der Waals surface area contributed by atoms with Crippen LogP contribution in [-0.4, -0.2) is 5.16 Å². The molecule has 26 heavy (non-hydrogen) atoms. The number of nitrogens with zero attached hydrogens (tertiary/aromatic N) is 1. The van der Waals surface area contributed by atoms with E-state index in [9.17, 15) is 0 Å². The maximum Gasteiger partial charge on any atom is 0.167 e. The molecule has 0 amide bonds. The van der Waals surface area contributed by atoms with Crippen molar-refractivity contribution in [3.05, 3.63) is 88.9 Å². The predicted molar refractivity (Wildman–Crippen MR) is 104 cm³/mol. The van der Waals surface area contributed by atoms with Gasteiger partial charge >= 0.3 is 0 Å². The fourth-order valence-corrected chi connectivity index (χ4v) is 3.08. The number of hydrogen-bond acceptors (Lipinski definition) is 3. The van der Waals surface area contributed by atoms with Crippen LogP contribution in [-0.2, 0) is 0 Å². The molecule has 0 aliphatic heterocycles. The lowest BCUT2D eigenvalue weighted by Crippen LogP contribution is -1.84. The first-order valence-electron chi connectivity index (χ1n) is 7.94. The van der Waals surface area contributed by atoms with Crippen LogP contribution >= 0.6 is 23.2 Å². The Morgan fingerprint density at radius 2 is 1.58 bits per heavy atom. The smallest absolute Gasteiger partial charge is 0.167 e. The molecular formula is C21H13Cl2NO2. The summed E-state index contributed by atoms with van der Waals surface area (Å²) in [5.41, 5.74) is 2.28. The lowest BCUT2D eigenvalue weighted by atomic mass is 10.1. The maximum atomic E-state index is 6.25. The Bertz CT molecular complexity index is 1040. The average Bonchev–Trinajstić information content (AvgIpc) is 3.13. The summed E-state index contributed by atoms with van der Waals surface area (Å²) < 4.78 is 11.4. The van der Waals surface area contributed by atoms with Crippen molar-refractivity contribution < 1.29 is 9.26 Å². The lowest BCUT2D eigenvalue weighted by Gasteiger charge is -2.06. The summed E-state index contributed by atoms with van der Waals surface area (Å²) in [4.78, 5) is 0. The minimum absolute atomic E-state index is 0.526. The monoisotopic (exact) mass is 381 g/mol. The van der Waals surface area contributed by atoms with E-state index in [0.717, 1.165) is 22.6 Å². The Morgan fingerprint density at radius 1 is 0.769 bits per heavy atom. The van der Waals surface area contributed by atoms with Crippen molar-refractivity contribution in [2.24, 2.45) is 0 Å². The zero-order valence-electron chi connectivity index (χ0n) is 13.5. The van der Waals surface area contributed by atoms with Crippen molar-refractivity contribution >= 4 is 23.2 Å². The summed E-state index contributed by atoms with van der Waals surface area (Å²) >= 11 is 12.2. The molecule has 0 atom stereocenters. The molecule has 0 saturated heterocycles. The van der Waals surface area contributed by atoms with Gasteiger partial charge in [0.2, 0.25) is 0 Å². The highest BCUT2D eigenvalue weighted by Gasteiger charge is 2.12. The third kappa shape index (κ3) is 3.59. The van der Waals surface area contributed by atoms with E-state index in [-0.39, 0.29) is 0 Å². The Balaban J connectivity index is 1.62. The Hall–Kier alpha value is -2.75. The van der Waals surface area contributed by atoms with Crippen molar-refractivity contribution in [3.63, 3.8) is 0 Å². The highest BCUT2D eigenvalue weighted by molar-refractivity contribution is 6.36. The second-order valence-corrected chi connectivity index (χ2v) is 6.49. The van der Waals surface area contributed by atoms with Gasteiger partial charge in [-0.15, -0.1) is 0 Å². The minimum Gasteiger partial charge on any atom is -0.457 e. The molecule has 0 aliphatic rings. The van der Waals surface area contributed by atoms with Gasteiger partial charge in [0.1, 0.15) is 17.2 Å². The molecule has 0 spiro atoms. The first kappa shape index (κ1) is 16.7. The largest absolute Gasteiger partial charge is 0.457 e. The van der Waals surface area contributed by atoms with Crippen LogP contribution in [0.25, 0.3) is 22.6 Å². The minimum atomic E-state index is 0.526. The standard InChI is InChI=1S/C21H13Cl2NO2/c22-15-9-10-18(19(23)12-15)20-13-21(26-24-20)14-5-4-8-17(11-14)25-16-6-2-1-3-7-16/h1-13H. The summed E-state index contributed by atoms with van der Waals surface area (Å²) in [6.07, 6.45) is 0. The third-order valence-corrected chi connectivity index (χ3v) is 4.36. The highest BCUT2D eigenvalue weighted by atomic mass is 35.5. The molecule has 1 heterocycles. The molecule has 1 aromatic heterocycles.